The standard InChI is InChI=1S/C14H21N3/c1-11-8-13-14(9-12(11)2)17(10-16-13)7-5-4-6-15-3/h8-10,15H,4-7H2,1-3H3. The summed E-state index contributed by atoms with van der Waals surface area (Å²) < 4.78 is 2.26. The Morgan fingerprint density at radius 2 is 1.94 bits per heavy atom. The molecule has 3 heteroatoms. The molecule has 1 N–H and O–H groups in total. The van der Waals surface area contributed by atoms with Crippen molar-refractivity contribution in [1.82, 2.24) is 14.9 Å². The van der Waals surface area contributed by atoms with E-state index in [1.165, 1.54) is 29.5 Å². The Bertz CT molecular complexity index is 499. The van der Waals surface area contributed by atoms with Crippen LogP contribution < -0.4 is 5.32 Å². The average molecular weight is 231 g/mol. The summed E-state index contributed by atoms with van der Waals surface area (Å²) in [5, 5.41) is 3.18. The Labute approximate surface area is 103 Å². The Balaban J connectivity index is 2.15. The van der Waals surface area contributed by atoms with Crippen LogP contribution >= 0.6 is 0 Å². The molecular formula is C14H21N3. The maximum atomic E-state index is 4.47. The van der Waals surface area contributed by atoms with Gasteiger partial charge in [-0.25, -0.2) is 4.98 Å². The van der Waals surface area contributed by atoms with Crippen LogP contribution in [-0.4, -0.2) is 23.1 Å². The zero-order valence-corrected chi connectivity index (χ0v) is 11.0. The van der Waals surface area contributed by atoms with E-state index in [0.29, 0.717) is 0 Å². The fourth-order valence-electron chi connectivity index (χ4n) is 2.08. The van der Waals surface area contributed by atoms with Crippen molar-refractivity contribution in [3.8, 4) is 0 Å². The van der Waals surface area contributed by atoms with Gasteiger partial charge in [0.25, 0.3) is 0 Å². The summed E-state index contributed by atoms with van der Waals surface area (Å²) in [6.07, 6.45) is 4.36. The highest BCUT2D eigenvalue weighted by Crippen LogP contribution is 2.18. The quantitative estimate of drug-likeness (QED) is 0.802. The van der Waals surface area contributed by atoms with Gasteiger partial charge in [-0.3, -0.25) is 0 Å². The molecule has 1 aromatic heterocycles. The van der Waals surface area contributed by atoms with Gasteiger partial charge in [0.15, 0.2) is 0 Å². The van der Waals surface area contributed by atoms with Crippen LogP contribution in [0.4, 0.5) is 0 Å². The first kappa shape index (κ1) is 12.1. The Morgan fingerprint density at radius 1 is 1.18 bits per heavy atom. The Hall–Kier alpha value is -1.35. The molecule has 0 atom stereocenters. The van der Waals surface area contributed by atoms with Crippen molar-refractivity contribution < 1.29 is 0 Å². The van der Waals surface area contributed by atoms with Crippen molar-refractivity contribution in [2.24, 2.45) is 0 Å². The zero-order valence-electron chi connectivity index (χ0n) is 11.0. The third-order valence-electron chi connectivity index (χ3n) is 3.31. The van der Waals surface area contributed by atoms with Gasteiger partial charge in [0.2, 0.25) is 0 Å². The molecule has 1 aromatic carbocycles. The van der Waals surface area contributed by atoms with Crippen molar-refractivity contribution >= 4 is 11.0 Å². The third kappa shape index (κ3) is 2.67. The van der Waals surface area contributed by atoms with Crippen LogP contribution in [-0.2, 0) is 6.54 Å². The number of imidazole rings is 1. The predicted molar refractivity (Wildman–Crippen MR) is 72.4 cm³/mol. The SMILES string of the molecule is CNCCCCn1cnc2cc(C)c(C)cc21. The highest BCUT2D eigenvalue weighted by atomic mass is 15.0. The van der Waals surface area contributed by atoms with Crippen molar-refractivity contribution in [2.75, 3.05) is 13.6 Å². The molecule has 0 aliphatic heterocycles. The number of benzene rings is 1. The molecule has 0 spiro atoms. The molecule has 1 heterocycles. The number of aromatic nitrogens is 2. The lowest BCUT2D eigenvalue weighted by Gasteiger charge is -2.06. The number of fused-ring (bicyclic) bond motifs is 1. The lowest BCUT2D eigenvalue weighted by Crippen LogP contribution is -2.08. The molecule has 17 heavy (non-hydrogen) atoms. The topological polar surface area (TPSA) is 29.9 Å². The van der Waals surface area contributed by atoms with Crippen LogP contribution in [0.3, 0.4) is 0 Å². The summed E-state index contributed by atoms with van der Waals surface area (Å²) >= 11 is 0. The molecule has 2 aromatic rings. The van der Waals surface area contributed by atoms with Gasteiger partial charge in [0, 0.05) is 6.54 Å². The van der Waals surface area contributed by atoms with E-state index in [2.05, 4.69) is 40.8 Å². The van der Waals surface area contributed by atoms with E-state index in [9.17, 15) is 0 Å². The van der Waals surface area contributed by atoms with Crippen molar-refractivity contribution in [3.05, 3.63) is 29.6 Å². The molecular weight excluding hydrogens is 210 g/mol. The first-order valence-electron chi connectivity index (χ1n) is 6.29. The Morgan fingerprint density at radius 3 is 2.71 bits per heavy atom. The zero-order chi connectivity index (χ0) is 12.3. The number of rotatable bonds is 5. The van der Waals surface area contributed by atoms with Crippen LogP contribution in [0.2, 0.25) is 0 Å². The molecule has 0 radical (unpaired) electrons. The predicted octanol–water partition coefficient (Wildman–Crippen LogP) is 2.65. The summed E-state index contributed by atoms with van der Waals surface area (Å²) in [4.78, 5) is 4.47. The maximum absolute atomic E-state index is 4.47. The molecule has 0 fully saturated rings. The van der Waals surface area contributed by atoms with E-state index in [4.69, 9.17) is 0 Å². The van der Waals surface area contributed by atoms with Gasteiger partial charge < -0.3 is 9.88 Å². The molecule has 2 rings (SSSR count). The Kier molecular flexibility index (Phi) is 3.79. The lowest BCUT2D eigenvalue weighted by molar-refractivity contribution is 0.600. The van der Waals surface area contributed by atoms with E-state index in [0.717, 1.165) is 18.6 Å². The van der Waals surface area contributed by atoms with Gasteiger partial charge in [0.05, 0.1) is 17.4 Å². The second-order valence-corrected chi connectivity index (χ2v) is 4.67. The number of hydrogen-bond donors (Lipinski definition) is 1. The van der Waals surface area contributed by atoms with Gasteiger partial charge in [0.1, 0.15) is 0 Å². The molecule has 0 saturated heterocycles. The number of nitrogens with zero attached hydrogens (tertiary/aromatic N) is 2. The minimum atomic E-state index is 1.06. The summed E-state index contributed by atoms with van der Waals surface area (Å²) in [6.45, 7) is 6.44. The van der Waals surface area contributed by atoms with Gasteiger partial charge >= 0.3 is 0 Å². The molecule has 3 nitrogen and oxygen atoms in total. The molecule has 92 valence electrons. The number of aryl methyl sites for hydroxylation is 3. The second kappa shape index (κ2) is 5.32. The monoisotopic (exact) mass is 231 g/mol. The minimum Gasteiger partial charge on any atom is -0.331 e. The molecule has 0 bridgehead atoms. The highest BCUT2D eigenvalue weighted by Gasteiger charge is 2.04. The van der Waals surface area contributed by atoms with E-state index in [-0.39, 0.29) is 0 Å². The van der Waals surface area contributed by atoms with Crippen molar-refractivity contribution in [1.29, 1.82) is 0 Å². The highest BCUT2D eigenvalue weighted by molar-refractivity contribution is 5.77. The third-order valence-corrected chi connectivity index (χ3v) is 3.31. The average Bonchev–Trinajstić information content (AvgIpc) is 2.68. The second-order valence-electron chi connectivity index (χ2n) is 4.67. The van der Waals surface area contributed by atoms with E-state index in [1.807, 2.05) is 13.4 Å². The van der Waals surface area contributed by atoms with Gasteiger partial charge in [-0.2, -0.15) is 0 Å². The summed E-state index contributed by atoms with van der Waals surface area (Å²) in [5.74, 6) is 0. The van der Waals surface area contributed by atoms with Gasteiger partial charge in [-0.15, -0.1) is 0 Å². The summed E-state index contributed by atoms with van der Waals surface area (Å²) in [7, 11) is 2.00. The molecule has 0 saturated carbocycles. The number of nitrogens with one attached hydrogen (secondary N) is 1. The maximum Gasteiger partial charge on any atom is 0.0958 e. The van der Waals surface area contributed by atoms with Crippen LogP contribution in [0.25, 0.3) is 11.0 Å². The summed E-state index contributed by atoms with van der Waals surface area (Å²) in [6, 6.07) is 4.42. The van der Waals surface area contributed by atoms with E-state index >= 15 is 0 Å². The summed E-state index contributed by atoms with van der Waals surface area (Å²) in [5.41, 5.74) is 5.03. The van der Waals surface area contributed by atoms with Gasteiger partial charge in [-0.1, -0.05) is 0 Å². The van der Waals surface area contributed by atoms with Crippen molar-refractivity contribution in [2.45, 2.75) is 33.2 Å². The normalized spacial score (nSPS) is 11.2. The fraction of sp³-hybridized carbons (Fsp3) is 0.500. The van der Waals surface area contributed by atoms with Crippen LogP contribution in [0.15, 0.2) is 18.5 Å². The van der Waals surface area contributed by atoms with Crippen LogP contribution in [0, 0.1) is 13.8 Å². The minimum absolute atomic E-state index is 1.06. The first-order chi connectivity index (χ1) is 8.22. The molecule has 0 aliphatic carbocycles. The van der Waals surface area contributed by atoms with Crippen molar-refractivity contribution in [3.63, 3.8) is 0 Å². The first-order valence-corrected chi connectivity index (χ1v) is 6.29. The fourth-order valence-corrected chi connectivity index (χ4v) is 2.08. The number of hydrogen-bond acceptors (Lipinski definition) is 2. The smallest absolute Gasteiger partial charge is 0.0958 e. The van der Waals surface area contributed by atoms with Crippen LogP contribution in [0.5, 0.6) is 0 Å². The molecule has 0 aliphatic rings. The van der Waals surface area contributed by atoms with E-state index in [1.54, 1.807) is 0 Å². The number of unbranched alkanes of at least 4 members (excludes halogenated alkanes) is 1. The van der Waals surface area contributed by atoms with Crippen LogP contribution in [0.1, 0.15) is 24.0 Å². The largest absolute Gasteiger partial charge is 0.331 e. The lowest BCUT2D eigenvalue weighted by atomic mass is 10.1. The molecule has 0 unspecified atom stereocenters. The van der Waals surface area contributed by atoms with E-state index < -0.39 is 0 Å². The van der Waals surface area contributed by atoms with Gasteiger partial charge in [-0.05, 0) is 63.5 Å². The molecule has 0 amide bonds.